The van der Waals surface area contributed by atoms with Crippen molar-refractivity contribution in [1.29, 1.82) is 0 Å². The monoisotopic (exact) mass is 309 g/mol. The Morgan fingerprint density at radius 3 is 2.81 bits per heavy atom. The molecule has 7 heteroatoms. The van der Waals surface area contributed by atoms with Gasteiger partial charge in [0.25, 0.3) is 5.91 Å². The van der Waals surface area contributed by atoms with Crippen LogP contribution < -0.4 is 16.4 Å². The molecule has 4 N–H and O–H groups in total. The Labute approximate surface area is 127 Å². The summed E-state index contributed by atoms with van der Waals surface area (Å²) in [6.45, 7) is 5.87. The van der Waals surface area contributed by atoms with E-state index in [4.69, 9.17) is 10.5 Å². The van der Waals surface area contributed by atoms with Crippen LogP contribution in [0.5, 0.6) is 0 Å². The Balaban J connectivity index is 2.30. The summed E-state index contributed by atoms with van der Waals surface area (Å²) in [5, 5.41) is 6.51. The summed E-state index contributed by atoms with van der Waals surface area (Å²) in [6.07, 6.45) is 3.69. The summed E-state index contributed by atoms with van der Waals surface area (Å²) in [4.78, 5) is 24.4. The minimum Gasteiger partial charge on any atom is -0.462 e. The van der Waals surface area contributed by atoms with E-state index in [1.807, 2.05) is 0 Å². The molecule has 0 unspecified atom stereocenters. The number of hydrogen-bond acceptors (Lipinski definition) is 6. The van der Waals surface area contributed by atoms with Crippen molar-refractivity contribution in [2.75, 3.05) is 24.2 Å². The molecular formula is C14H19N3O3S. The summed E-state index contributed by atoms with van der Waals surface area (Å²) >= 11 is 1.18. The number of rotatable bonds is 7. The molecule has 114 valence electrons. The molecule has 0 aliphatic heterocycles. The van der Waals surface area contributed by atoms with Gasteiger partial charge < -0.3 is 21.1 Å². The van der Waals surface area contributed by atoms with Crippen LogP contribution in [0, 0.1) is 0 Å². The molecule has 1 heterocycles. The van der Waals surface area contributed by atoms with Gasteiger partial charge in [-0.1, -0.05) is 6.08 Å². The van der Waals surface area contributed by atoms with E-state index in [9.17, 15) is 9.59 Å². The summed E-state index contributed by atoms with van der Waals surface area (Å²) in [7, 11) is 0. The lowest BCUT2D eigenvalue weighted by atomic mass is 10.2. The van der Waals surface area contributed by atoms with Gasteiger partial charge in [-0.3, -0.25) is 4.79 Å². The van der Waals surface area contributed by atoms with Gasteiger partial charge >= 0.3 is 5.97 Å². The smallest absolute Gasteiger partial charge is 0.343 e. The number of nitrogen functional groups attached to an aromatic ring is 1. The van der Waals surface area contributed by atoms with Crippen molar-refractivity contribution in [3.05, 3.63) is 23.1 Å². The minimum atomic E-state index is -0.503. The molecule has 0 radical (unpaired) electrons. The maximum absolute atomic E-state index is 12.1. The van der Waals surface area contributed by atoms with E-state index in [-0.39, 0.29) is 23.8 Å². The molecule has 0 saturated heterocycles. The fourth-order valence-electron chi connectivity index (χ4n) is 1.78. The molecule has 0 spiro atoms. The van der Waals surface area contributed by atoms with E-state index >= 15 is 0 Å². The van der Waals surface area contributed by atoms with Crippen molar-refractivity contribution < 1.29 is 14.3 Å². The highest BCUT2D eigenvalue weighted by Crippen LogP contribution is 2.39. The van der Waals surface area contributed by atoms with Crippen molar-refractivity contribution in [3.63, 3.8) is 0 Å². The molecule has 1 aromatic heterocycles. The third-order valence-electron chi connectivity index (χ3n) is 2.95. The first kappa shape index (κ1) is 15.4. The first-order valence-corrected chi connectivity index (χ1v) is 7.65. The molecule has 1 fully saturated rings. The van der Waals surface area contributed by atoms with Gasteiger partial charge in [0.2, 0.25) is 0 Å². The quantitative estimate of drug-likeness (QED) is 0.529. The van der Waals surface area contributed by atoms with Gasteiger partial charge in [-0.15, -0.1) is 17.9 Å². The average Bonchev–Trinajstić information content (AvgIpc) is 3.19. The van der Waals surface area contributed by atoms with E-state index in [0.29, 0.717) is 22.5 Å². The lowest BCUT2D eigenvalue weighted by molar-refractivity contribution is 0.0529. The highest BCUT2D eigenvalue weighted by atomic mass is 32.1. The number of thiophene rings is 1. The molecule has 2 rings (SSSR count). The van der Waals surface area contributed by atoms with Crippen LogP contribution in [-0.4, -0.2) is 31.1 Å². The average molecular weight is 309 g/mol. The third kappa shape index (κ3) is 3.55. The second-order valence-corrected chi connectivity index (χ2v) is 5.71. The fraction of sp³-hybridized carbons (Fsp3) is 0.429. The van der Waals surface area contributed by atoms with Crippen LogP contribution in [0.4, 0.5) is 10.7 Å². The number of nitrogens with one attached hydrogen (secondary N) is 2. The van der Waals surface area contributed by atoms with Crippen LogP contribution in [0.1, 0.15) is 39.8 Å². The van der Waals surface area contributed by atoms with Crippen molar-refractivity contribution >= 4 is 33.9 Å². The number of esters is 1. The fourth-order valence-corrected chi connectivity index (χ4v) is 2.88. The van der Waals surface area contributed by atoms with Gasteiger partial charge in [-0.25, -0.2) is 4.79 Å². The van der Waals surface area contributed by atoms with Gasteiger partial charge in [-0.2, -0.15) is 0 Å². The normalized spacial score (nSPS) is 13.6. The lowest BCUT2D eigenvalue weighted by Crippen LogP contribution is -2.23. The lowest BCUT2D eigenvalue weighted by Gasteiger charge is -2.06. The van der Waals surface area contributed by atoms with Gasteiger partial charge in [0.1, 0.15) is 15.4 Å². The molecule has 1 aliphatic rings. The van der Waals surface area contributed by atoms with Gasteiger partial charge in [0.05, 0.1) is 12.3 Å². The molecule has 1 aromatic rings. The van der Waals surface area contributed by atoms with Crippen LogP contribution in [0.3, 0.4) is 0 Å². The second-order valence-electron chi connectivity index (χ2n) is 4.69. The maximum atomic E-state index is 12.1. The Morgan fingerprint density at radius 1 is 1.52 bits per heavy atom. The zero-order valence-corrected chi connectivity index (χ0v) is 12.7. The number of hydrogen-bond donors (Lipinski definition) is 3. The zero-order chi connectivity index (χ0) is 15.4. The van der Waals surface area contributed by atoms with Crippen LogP contribution in [0.25, 0.3) is 0 Å². The van der Waals surface area contributed by atoms with Crippen LogP contribution in [0.15, 0.2) is 12.7 Å². The SMILES string of the molecule is C=CCNC(=O)c1sc(NC2CC2)c(C(=O)OCC)c1N. The standard InChI is InChI=1S/C14H19N3O3S/c1-3-7-16-12(18)11-10(15)9(14(19)20-4-2)13(21-11)17-8-5-6-8/h3,8,17H,1,4-7,15H2,2H3,(H,16,18). The molecule has 0 bridgehead atoms. The molecule has 1 saturated carbocycles. The number of amides is 1. The number of anilines is 2. The molecule has 6 nitrogen and oxygen atoms in total. The largest absolute Gasteiger partial charge is 0.462 e. The summed E-state index contributed by atoms with van der Waals surface area (Å²) in [5.74, 6) is -0.816. The molecular weight excluding hydrogens is 290 g/mol. The van der Waals surface area contributed by atoms with E-state index in [2.05, 4.69) is 17.2 Å². The highest BCUT2D eigenvalue weighted by Gasteiger charge is 2.30. The van der Waals surface area contributed by atoms with Crippen LogP contribution in [0.2, 0.25) is 0 Å². The Hall–Kier alpha value is -2.02. The van der Waals surface area contributed by atoms with Crippen molar-refractivity contribution in [3.8, 4) is 0 Å². The molecule has 1 amide bonds. The van der Waals surface area contributed by atoms with Gasteiger partial charge in [0, 0.05) is 12.6 Å². The Kier molecular flexibility index (Phi) is 4.85. The van der Waals surface area contributed by atoms with Crippen molar-refractivity contribution in [2.45, 2.75) is 25.8 Å². The summed E-state index contributed by atoms with van der Waals surface area (Å²) < 4.78 is 5.03. The molecule has 0 atom stereocenters. The number of nitrogens with two attached hydrogens (primary N) is 1. The number of carbonyl (C=O) groups is 2. The summed E-state index contributed by atoms with van der Waals surface area (Å²) in [6, 6.07) is 0.348. The first-order chi connectivity index (χ1) is 10.1. The van der Waals surface area contributed by atoms with Crippen molar-refractivity contribution in [1.82, 2.24) is 5.32 Å². The van der Waals surface area contributed by atoms with E-state index in [1.165, 1.54) is 11.3 Å². The summed E-state index contributed by atoms with van der Waals surface area (Å²) in [5.41, 5.74) is 6.42. The van der Waals surface area contributed by atoms with Gasteiger partial charge in [-0.05, 0) is 19.8 Å². The van der Waals surface area contributed by atoms with Crippen molar-refractivity contribution in [2.24, 2.45) is 0 Å². The van der Waals surface area contributed by atoms with E-state index in [1.54, 1.807) is 13.0 Å². The topological polar surface area (TPSA) is 93.5 Å². The van der Waals surface area contributed by atoms with E-state index in [0.717, 1.165) is 12.8 Å². The number of carbonyl (C=O) groups excluding carboxylic acids is 2. The number of ether oxygens (including phenoxy) is 1. The minimum absolute atomic E-state index is 0.170. The Morgan fingerprint density at radius 2 is 2.24 bits per heavy atom. The van der Waals surface area contributed by atoms with E-state index < -0.39 is 5.97 Å². The molecule has 1 aliphatic carbocycles. The first-order valence-electron chi connectivity index (χ1n) is 6.83. The highest BCUT2D eigenvalue weighted by molar-refractivity contribution is 7.19. The van der Waals surface area contributed by atoms with Crippen LogP contribution in [-0.2, 0) is 4.74 Å². The molecule has 21 heavy (non-hydrogen) atoms. The predicted molar refractivity (Wildman–Crippen MR) is 83.9 cm³/mol. The third-order valence-corrected chi connectivity index (χ3v) is 4.09. The molecule has 0 aromatic carbocycles. The second kappa shape index (κ2) is 6.62. The van der Waals surface area contributed by atoms with Crippen LogP contribution >= 0.6 is 11.3 Å². The maximum Gasteiger partial charge on any atom is 0.343 e. The Bertz CT molecular complexity index is 564. The van der Waals surface area contributed by atoms with Gasteiger partial charge in [0.15, 0.2) is 0 Å². The zero-order valence-electron chi connectivity index (χ0n) is 11.9. The predicted octanol–water partition coefficient (Wildman–Crippen LogP) is 2.00.